The number of carbonyl (C=O) groups excluding carboxylic acids is 1. The van der Waals surface area contributed by atoms with Gasteiger partial charge in [-0.25, -0.2) is 0 Å². The Kier molecular flexibility index (Phi) is 4.54. The van der Waals surface area contributed by atoms with E-state index in [0.29, 0.717) is 13.0 Å². The maximum atomic E-state index is 10.9. The molecule has 0 unspecified atom stereocenters. The molecule has 0 aromatic heterocycles. The summed E-state index contributed by atoms with van der Waals surface area (Å²) < 4.78 is 0. The van der Waals surface area contributed by atoms with Crippen molar-refractivity contribution in [1.29, 1.82) is 0 Å². The van der Waals surface area contributed by atoms with Crippen LogP contribution in [0.1, 0.15) is 31.4 Å². The van der Waals surface area contributed by atoms with E-state index >= 15 is 0 Å². The molecule has 0 radical (unpaired) electrons. The zero-order valence-corrected chi connectivity index (χ0v) is 11.3. The molecular formula is C13H19ClN2O. The molecule has 94 valence electrons. The third-order valence-electron chi connectivity index (χ3n) is 2.58. The average molecular weight is 255 g/mol. The van der Waals surface area contributed by atoms with E-state index in [1.54, 1.807) is 0 Å². The largest absolute Gasteiger partial charge is 0.370 e. The lowest BCUT2D eigenvalue weighted by Gasteiger charge is -2.25. The van der Waals surface area contributed by atoms with Crippen LogP contribution in [0.3, 0.4) is 0 Å². The summed E-state index contributed by atoms with van der Waals surface area (Å²) >= 11 is 6.13. The molecular weight excluding hydrogens is 236 g/mol. The Labute approximate surface area is 107 Å². The monoisotopic (exact) mass is 254 g/mol. The molecule has 3 nitrogen and oxygen atoms in total. The molecule has 0 atom stereocenters. The second-order valence-corrected chi connectivity index (χ2v) is 5.38. The second kappa shape index (κ2) is 5.52. The lowest BCUT2D eigenvalue weighted by Crippen LogP contribution is -2.42. The van der Waals surface area contributed by atoms with Crippen LogP contribution in [0.25, 0.3) is 0 Å². The Bertz CT molecular complexity index is 416. The van der Waals surface area contributed by atoms with Crippen molar-refractivity contribution in [3.05, 3.63) is 34.3 Å². The lowest BCUT2D eigenvalue weighted by atomic mass is 10.00. The van der Waals surface area contributed by atoms with Crippen LogP contribution < -0.4 is 11.1 Å². The van der Waals surface area contributed by atoms with Crippen molar-refractivity contribution in [2.24, 2.45) is 5.73 Å². The molecule has 3 N–H and O–H groups in total. The summed E-state index contributed by atoms with van der Waals surface area (Å²) in [6.07, 6.45) is 0.302. The summed E-state index contributed by atoms with van der Waals surface area (Å²) in [6, 6.07) is 5.94. The molecule has 17 heavy (non-hydrogen) atoms. The smallest absolute Gasteiger partial charge is 0.219 e. The molecule has 0 saturated heterocycles. The third-order valence-corrected chi connectivity index (χ3v) is 2.93. The van der Waals surface area contributed by atoms with Crippen molar-refractivity contribution in [1.82, 2.24) is 5.32 Å². The van der Waals surface area contributed by atoms with Crippen LogP contribution in [0, 0.1) is 6.92 Å². The van der Waals surface area contributed by atoms with Gasteiger partial charge in [0.05, 0.1) is 0 Å². The topological polar surface area (TPSA) is 55.1 Å². The van der Waals surface area contributed by atoms with Gasteiger partial charge in [-0.3, -0.25) is 4.79 Å². The Morgan fingerprint density at radius 1 is 1.47 bits per heavy atom. The van der Waals surface area contributed by atoms with Gasteiger partial charge in [-0.05, 0) is 38.0 Å². The molecule has 0 fully saturated rings. The van der Waals surface area contributed by atoms with E-state index in [-0.39, 0.29) is 11.4 Å². The van der Waals surface area contributed by atoms with Crippen LogP contribution in [0.2, 0.25) is 5.02 Å². The Balaban J connectivity index is 2.64. The van der Waals surface area contributed by atoms with Gasteiger partial charge >= 0.3 is 0 Å². The molecule has 4 heteroatoms. The quantitative estimate of drug-likeness (QED) is 0.848. The Morgan fingerprint density at radius 3 is 2.65 bits per heavy atom. The van der Waals surface area contributed by atoms with Gasteiger partial charge < -0.3 is 11.1 Å². The van der Waals surface area contributed by atoms with Crippen LogP contribution in [-0.2, 0) is 11.3 Å². The van der Waals surface area contributed by atoms with Gasteiger partial charge in [0.25, 0.3) is 0 Å². The molecule has 0 aliphatic heterocycles. The first kappa shape index (κ1) is 14.0. The van der Waals surface area contributed by atoms with Crippen molar-refractivity contribution in [3.8, 4) is 0 Å². The molecule has 1 aromatic rings. The van der Waals surface area contributed by atoms with Gasteiger partial charge in [0, 0.05) is 23.5 Å². The van der Waals surface area contributed by atoms with Crippen molar-refractivity contribution in [3.63, 3.8) is 0 Å². The van der Waals surface area contributed by atoms with E-state index in [0.717, 1.165) is 16.1 Å². The minimum Gasteiger partial charge on any atom is -0.370 e. The number of aryl methyl sites for hydroxylation is 1. The van der Waals surface area contributed by atoms with Crippen molar-refractivity contribution in [2.45, 2.75) is 39.3 Å². The first-order valence-corrected chi connectivity index (χ1v) is 5.96. The summed E-state index contributed by atoms with van der Waals surface area (Å²) in [5, 5.41) is 4.02. The summed E-state index contributed by atoms with van der Waals surface area (Å²) in [7, 11) is 0. The normalized spacial score (nSPS) is 11.5. The fraction of sp³-hybridized carbons (Fsp3) is 0.462. The molecule has 0 saturated carbocycles. The van der Waals surface area contributed by atoms with Crippen LogP contribution in [0.15, 0.2) is 18.2 Å². The minimum absolute atomic E-state index is 0.302. The Morgan fingerprint density at radius 2 is 2.12 bits per heavy atom. The third kappa shape index (κ3) is 4.75. The predicted molar refractivity (Wildman–Crippen MR) is 70.9 cm³/mol. The fourth-order valence-electron chi connectivity index (χ4n) is 1.63. The highest BCUT2D eigenvalue weighted by Gasteiger charge is 2.19. The van der Waals surface area contributed by atoms with E-state index in [1.807, 2.05) is 39.0 Å². The fourth-order valence-corrected chi connectivity index (χ4v) is 1.93. The van der Waals surface area contributed by atoms with Crippen LogP contribution in [-0.4, -0.2) is 11.4 Å². The van der Waals surface area contributed by atoms with Crippen LogP contribution >= 0.6 is 11.6 Å². The highest BCUT2D eigenvalue weighted by Crippen LogP contribution is 2.18. The second-order valence-electron chi connectivity index (χ2n) is 4.98. The number of halogens is 1. The average Bonchev–Trinajstić information content (AvgIpc) is 2.14. The van der Waals surface area contributed by atoms with Gasteiger partial charge in [0.15, 0.2) is 0 Å². The maximum absolute atomic E-state index is 10.9. The number of hydrogen-bond acceptors (Lipinski definition) is 2. The van der Waals surface area contributed by atoms with Crippen molar-refractivity contribution < 1.29 is 4.79 Å². The molecule has 0 heterocycles. The molecule has 0 spiro atoms. The highest BCUT2D eigenvalue weighted by molar-refractivity contribution is 6.31. The number of rotatable bonds is 5. The van der Waals surface area contributed by atoms with E-state index < -0.39 is 0 Å². The molecule has 0 bridgehead atoms. The molecule has 0 aliphatic carbocycles. The number of benzene rings is 1. The first-order valence-electron chi connectivity index (χ1n) is 5.58. The molecule has 1 amide bonds. The van der Waals surface area contributed by atoms with Gasteiger partial charge in [-0.2, -0.15) is 0 Å². The molecule has 0 aliphatic rings. The van der Waals surface area contributed by atoms with Crippen LogP contribution in [0.5, 0.6) is 0 Å². The number of carbonyl (C=O) groups is 1. The van der Waals surface area contributed by atoms with Gasteiger partial charge in [-0.15, -0.1) is 0 Å². The summed E-state index contributed by atoms with van der Waals surface area (Å²) in [5.74, 6) is -0.308. The van der Waals surface area contributed by atoms with Gasteiger partial charge in [0.2, 0.25) is 5.91 Å². The minimum atomic E-state index is -0.319. The Hall–Kier alpha value is -1.06. The number of amides is 1. The summed E-state index contributed by atoms with van der Waals surface area (Å²) in [6.45, 7) is 6.51. The first-order chi connectivity index (χ1) is 7.80. The zero-order chi connectivity index (χ0) is 13.1. The van der Waals surface area contributed by atoms with Crippen LogP contribution in [0.4, 0.5) is 0 Å². The predicted octanol–water partition coefficient (Wildman–Crippen LogP) is 2.39. The standard InChI is InChI=1S/C13H19ClN2O/c1-9-4-5-10(11(14)6-9)8-16-13(2,3)7-12(15)17/h4-6,16H,7-8H2,1-3H3,(H2,15,17). The van der Waals surface area contributed by atoms with E-state index in [4.69, 9.17) is 17.3 Å². The molecule has 1 aromatic carbocycles. The number of primary amides is 1. The number of nitrogens with two attached hydrogens (primary N) is 1. The maximum Gasteiger partial charge on any atom is 0.219 e. The zero-order valence-electron chi connectivity index (χ0n) is 10.5. The lowest BCUT2D eigenvalue weighted by molar-refractivity contribution is -0.119. The number of hydrogen-bond donors (Lipinski definition) is 2. The summed E-state index contributed by atoms with van der Waals surface area (Å²) in [5.41, 5.74) is 7.03. The van der Waals surface area contributed by atoms with Crippen molar-refractivity contribution in [2.75, 3.05) is 0 Å². The highest BCUT2D eigenvalue weighted by atomic mass is 35.5. The van der Waals surface area contributed by atoms with E-state index in [9.17, 15) is 4.79 Å². The van der Waals surface area contributed by atoms with Gasteiger partial charge in [0.1, 0.15) is 0 Å². The molecule has 1 rings (SSSR count). The SMILES string of the molecule is Cc1ccc(CNC(C)(C)CC(N)=O)c(Cl)c1. The summed E-state index contributed by atoms with van der Waals surface area (Å²) in [4.78, 5) is 10.9. The number of nitrogens with one attached hydrogen (secondary N) is 1. The van der Waals surface area contributed by atoms with Crippen molar-refractivity contribution >= 4 is 17.5 Å². The van der Waals surface area contributed by atoms with E-state index in [2.05, 4.69) is 5.32 Å². The van der Waals surface area contributed by atoms with E-state index in [1.165, 1.54) is 0 Å². The van der Waals surface area contributed by atoms with Gasteiger partial charge in [-0.1, -0.05) is 23.7 Å².